The summed E-state index contributed by atoms with van der Waals surface area (Å²) in [6.07, 6.45) is 3.95. The van der Waals surface area contributed by atoms with Crippen molar-refractivity contribution in [3.05, 3.63) is 47.5 Å². The van der Waals surface area contributed by atoms with Crippen LogP contribution in [-0.2, 0) is 20.9 Å². The number of hydrogen-bond donors (Lipinski definition) is 1. The molecule has 3 rings (SSSR count). The first-order valence-corrected chi connectivity index (χ1v) is 13.1. The van der Waals surface area contributed by atoms with Crippen molar-refractivity contribution < 1.29 is 13.5 Å². The van der Waals surface area contributed by atoms with Gasteiger partial charge in [0.2, 0.25) is 10.0 Å². The van der Waals surface area contributed by atoms with Crippen molar-refractivity contribution in [2.24, 2.45) is 10.2 Å². The van der Waals surface area contributed by atoms with E-state index >= 15 is 0 Å². The van der Waals surface area contributed by atoms with E-state index in [9.17, 15) is 13.5 Å². The smallest absolute Gasteiger partial charge is 0.243 e. The number of phenols is 1. The van der Waals surface area contributed by atoms with Gasteiger partial charge in [-0.2, -0.15) is 9.42 Å². The van der Waals surface area contributed by atoms with Crippen molar-refractivity contribution in [2.45, 2.75) is 83.0 Å². The van der Waals surface area contributed by atoms with Crippen molar-refractivity contribution in [3.63, 3.8) is 0 Å². The van der Waals surface area contributed by atoms with Crippen LogP contribution in [0.1, 0.15) is 78.4 Å². The fourth-order valence-electron chi connectivity index (χ4n) is 3.93. The number of phenolic OH excluding ortho intramolecular Hbond substituents is 1. The molecule has 1 fully saturated rings. The summed E-state index contributed by atoms with van der Waals surface area (Å²) in [7, 11) is -3.50. The number of nitrogens with zero attached hydrogens (tertiary/aromatic N) is 3. The lowest BCUT2D eigenvalue weighted by Crippen LogP contribution is -2.31. The number of azo groups is 1. The van der Waals surface area contributed by atoms with E-state index in [0.717, 1.165) is 36.8 Å². The van der Waals surface area contributed by atoms with Crippen molar-refractivity contribution in [3.8, 4) is 5.75 Å². The Morgan fingerprint density at radius 3 is 1.91 bits per heavy atom. The van der Waals surface area contributed by atoms with Gasteiger partial charge in [-0.05, 0) is 59.6 Å². The molecule has 1 saturated heterocycles. The average Bonchev–Trinajstić information content (AvgIpc) is 3.02. The first kappa shape index (κ1) is 25.4. The largest absolute Gasteiger partial charge is 0.505 e. The van der Waals surface area contributed by atoms with Gasteiger partial charge in [-0.3, -0.25) is 0 Å². The molecule has 0 saturated carbocycles. The van der Waals surface area contributed by atoms with Gasteiger partial charge in [-0.1, -0.05) is 60.5 Å². The zero-order valence-corrected chi connectivity index (χ0v) is 21.5. The number of benzene rings is 2. The van der Waals surface area contributed by atoms with Crippen LogP contribution in [0.4, 0.5) is 11.4 Å². The lowest BCUT2D eigenvalue weighted by atomic mass is 9.80. The summed E-state index contributed by atoms with van der Waals surface area (Å²) in [4.78, 5) is 0.274. The molecular weight excluding hydrogens is 434 g/mol. The standard InChI is InChI=1S/C26H37N3O3S/c1-25(2,3)19-17-22(26(4,5)6)24(30)23(18-19)28-27-20-11-13-21(14-12-20)33(31,32)29-15-9-7-8-10-16-29/h11-14,17-18,30H,7-10,15-16H2,1-6H3. The van der Waals surface area contributed by atoms with E-state index < -0.39 is 10.0 Å². The second kappa shape index (κ2) is 9.55. The van der Waals surface area contributed by atoms with Crippen LogP contribution < -0.4 is 0 Å². The summed E-state index contributed by atoms with van der Waals surface area (Å²) in [6.45, 7) is 13.7. The number of rotatable bonds is 4. The van der Waals surface area contributed by atoms with Crippen LogP contribution in [0, 0.1) is 0 Å². The Kier molecular flexibility index (Phi) is 7.34. The average molecular weight is 472 g/mol. The minimum Gasteiger partial charge on any atom is -0.505 e. The monoisotopic (exact) mass is 471 g/mol. The maximum Gasteiger partial charge on any atom is 0.243 e. The van der Waals surface area contributed by atoms with E-state index in [-0.39, 0.29) is 21.5 Å². The van der Waals surface area contributed by atoms with Crippen LogP contribution >= 0.6 is 0 Å². The molecule has 1 aliphatic rings. The van der Waals surface area contributed by atoms with Crippen LogP contribution in [0.15, 0.2) is 51.5 Å². The summed E-state index contributed by atoms with van der Waals surface area (Å²) in [5.74, 6) is 0.125. The predicted octanol–water partition coefficient (Wildman–Crippen LogP) is 6.97. The van der Waals surface area contributed by atoms with Gasteiger partial charge in [0.1, 0.15) is 11.4 Å². The SMILES string of the molecule is CC(C)(C)c1cc(N=Nc2ccc(S(=O)(=O)N3CCCCCC3)cc2)c(O)c(C(C)(C)C)c1. The summed E-state index contributed by atoms with van der Waals surface area (Å²) in [5.41, 5.74) is 2.47. The van der Waals surface area contributed by atoms with Crippen LogP contribution in [0.2, 0.25) is 0 Å². The topological polar surface area (TPSA) is 82.3 Å². The first-order valence-electron chi connectivity index (χ1n) is 11.7. The molecule has 6 nitrogen and oxygen atoms in total. The third-order valence-corrected chi connectivity index (χ3v) is 7.99. The Balaban J connectivity index is 1.90. The van der Waals surface area contributed by atoms with Crippen LogP contribution in [0.25, 0.3) is 0 Å². The van der Waals surface area contributed by atoms with Gasteiger partial charge in [0.05, 0.1) is 10.6 Å². The lowest BCUT2D eigenvalue weighted by Gasteiger charge is -2.26. The highest BCUT2D eigenvalue weighted by atomic mass is 32.2. The minimum atomic E-state index is -3.50. The number of sulfonamides is 1. The zero-order valence-electron chi connectivity index (χ0n) is 20.7. The molecule has 1 heterocycles. The minimum absolute atomic E-state index is 0.110. The van der Waals surface area contributed by atoms with E-state index in [2.05, 4.69) is 51.8 Å². The molecule has 33 heavy (non-hydrogen) atoms. The van der Waals surface area contributed by atoms with Crippen molar-refractivity contribution in [1.82, 2.24) is 4.31 Å². The molecule has 0 amide bonds. The van der Waals surface area contributed by atoms with Gasteiger partial charge in [-0.15, -0.1) is 5.11 Å². The maximum atomic E-state index is 13.0. The Bertz CT molecular complexity index is 1100. The lowest BCUT2D eigenvalue weighted by molar-refractivity contribution is 0.423. The molecule has 2 aromatic carbocycles. The Labute approximate surface area is 198 Å². The van der Waals surface area contributed by atoms with Gasteiger partial charge < -0.3 is 5.11 Å². The highest BCUT2D eigenvalue weighted by molar-refractivity contribution is 7.89. The van der Waals surface area contributed by atoms with Crippen molar-refractivity contribution in [1.29, 1.82) is 0 Å². The second-order valence-corrected chi connectivity index (χ2v) is 12.8. The Morgan fingerprint density at radius 1 is 0.818 bits per heavy atom. The third-order valence-electron chi connectivity index (χ3n) is 6.08. The van der Waals surface area contributed by atoms with Crippen molar-refractivity contribution in [2.75, 3.05) is 13.1 Å². The molecule has 2 aromatic rings. The van der Waals surface area contributed by atoms with Gasteiger partial charge in [0.25, 0.3) is 0 Å². The molecule has 0 atom stereocenters. The molecule has 0 aliphatic carbocycles. The van der Waals surface area contributed by atoms with Gasteiger partial charge in [0.15, 0.2) is 0 Å². The fraction of sp³-hybridized carbons (Fsp3) is 0.538. The van der Waals surface area contributed by atoms with Crippen molar-refractivity contribution >= 4 is 21.4 Å². The van der Waals surface area contributed by atoms with Gasteiger partial charge in [-0.25, -0.2) is 8.42 Å². The van der Waals surface area contributed by atoms with Gasteiger partial charge >= 0.3 is 0 Å². The molecule has 0 spiro atoms. The Morgan fingerprint density at radius 2 is 1.39 bits per heavy atom. The summed E-state index contributed by atoms with van der Waals surface area (Å²) >= 11 is 0. The zero-order chi connectivity index (χ0) is 24.4. The van der Waals surface area contributed by atoms with E-state index in [0.29, 0.717) is 24.5 Å². The molecule has 0 aromatic heterocycles. The third kappa shape index (κ3) is 6.01. The molecule has 0 unspecified atom stereocenters. The van der Waals surface area contributed by atoms with Crippen LogP contribution in [-0.4, -0.2) is 30.9 Å². The molecule has 0 bridgehead atoms. The van der Waals surface area contributed by atoms with E-state index in [1.54, 1.807) is 28.6 Å². The number of aromatic hydroxyl groups is 1. The Hall–Kier alpha value is -2.25. The summed E-state index contributed by atoms with van der Waals surface area (Å²) in [6, 6.07) is 10.4. The molecule has 7 heteroatoms. The second-order valence-electron chi connectivity index (χ2n) is 10.9. The summed E-state index contributed by atoms with van der Waals surface area (Å²) in [5, 5.41) is 19.5. The highest BCUT2D eigenvalue weighted by Crippen LogP contribution is 2.42. The highest BCUT2D eigenvalue weighted by Gasteiger charge is 2.26. The predicted molar refractivity (Wildman–Crippen MR) is 133 cm³/mol. The fourth-order valence-corrected chi connectivity index (χ4v) is 5.44. The van der Waals surface area contributed by atoms with Crippen LogP contribution in [0.5, 0.6) is 5.75 Å². The van der Waals surface area contributed by atoms with E-state index in [4.69, 9.17) is 0 Å². The molecule has 1 aliphatic heterocycles. The summed E-state index contributed by atoms with van der Waals surface area (Å²) < 4.78 is 27.5. The quantitative estimate of drug-likeness (QED) is 0.489. The number of hydrogen-bond acceptors (Lipinski definition) is 5. The first-order chi connectivity index (χ1) is 15.3. The van der Waals surface area contributed by atoms with Gasteiger partial charge in [0, 0.05) is 18.7 Å². The maximum absolute atomic E-state index is 13.0. The normalized spacial score (nSPS) is 16.8. The van der Waals surface area contributed by atoms with E-state index in [1.807, 2.05) is 12.1 Å². The molecular formula is C26H37N3O3S. The molecule has 0 radical (unpaired) electrons. The molecule has 1 N–H and O–H groups in total. The van der Waals surface area contributed by atoms with E-state index in [1.165, 1.54) is 0 Å². The van der Waals surface area contributed by atoms with Crippen LogP contribution in [0.3, 0.4) is 0 Å². The molecule has 180 valence electrons.